The molecular weight excluding hydrogens is 262 g/mol. The Balaban J connectivity index is 2.26. The predicted octanol–water partition coefficient (Wildman–Crippen LogP) is 3.57. The van der Waals surface area contributed by atoms with E-state index in [-0.39, 0.29) is 0 Å². The van der Waals surface area contributed by atoms with Crippen LogP contribution in [-0.2, 0) is 0 Å². The van der Waals surface area contributed by atoms with Gasteiger partial charge < -0.3 is 14.7 Å². The smallest absolute Gasteiger partial charge is 0.155 e. The van der Waals surface area contributed by atoms with Crippen molar-refractivity contribution in [1.82, 2.24) is 4.98 Å². The highest BCUT2D eigenvalue weighted by Crippen LogP contribution is 2.29. The van der Waals surface area contributed by atoms with E-state index in [2.05, 4.69) is 36.7 Å². The average molecular weight is 281 g/mol. The highest BCUT2D eigenvalue weighted by atomic mass is 16.3. The highest BCUT2D eigenvalue weighted by Gasteiger charge is 2.12. The summed E-state index contributed by atoms with van der Waals surface area (Å²) in [7, 11) is 0. The van der Waals surface area contributed by atoms with Crippen LogP contribution in [-0.4, -0.2) is 18.1 Å². The molecule has 0 atom stereocenters. The molecule has 0 saturated carbocycles. The summed E-state index contributed by atoms with van der Waals surface area (Å²) in [6, 6.07) is 9.39. The Hall–Kier alpha value is -2.36. The molecule has 0 unspecified atom stereocenters. The molecule has 1 aliphatic carbocycles. The molecule has 1 N–H and O–H groups in total. The summed E-state index contributed by atoms with van der Waals surface area (Å²) in [5.74, 6) is 0.657. The maximum absolute atomic E-state index is 7.67. The van der Waals surface area contributed by atoms with Gasteiger partial charge in [-0.15, -0.1) is 0 Å². The second kappa shape index (κ2) is 5.20. The Kier molecular flexibility index (Phi) is 3.37. The van der Waals surface area contributed by atoms with E-state index in [1.165, 1.54) is 11.3 Å². The van der Waals surface area contributed by atoms with E-state index < -0.39 is 0 Å². The third-order valence-electron chi connectivity index (χ3n) is 3.80. The quantitative estimate of drug-likeness (QED) is 0.747. The SMILES string of the molecule is CCN(CC)c1cc2nc3ccc(=N)cc-3oc2cc1C. The number of benzene rings is 2. The van der Waals surface area contributed by atoms with Crippen molar-refractivity contribution in [3.8, 4) is 11.5 Å². The van der Waals surface area contributed by atoms with E-state index in [9.17, 15) is 0 Å². The summed E-state index contributed by atoms with van der Waals surface area (Å²) in [4.78, 5) is 6.98. The Bertz CT molecular complexity index is 818. The van der Waals surface area contributed by atoms with Crippen LogP contribution in [0.15, 0.2) is 34.7 Å². The molecule has 3 rings (SSSR count). The molecule has 21 heavy (non-hydrogen) atoms. The van der Waals surface area contributed by atoms with Crippen molar-refractivity contribution < 1.29 is 4.42 Å². The largest absolute Gasteiger partial charge is 0.453 e. The molecule has 0 fully saturated rings. The minimum Gasteiger partial charge on any atom is -0.453 e. The summed E-state index contributed by atoms with van der Waals surface area (Å²) in [6.07, 6.45) is 0. The number of hydrogen-bond donors (Lipinski definition) is 1. The second-order valence-electron chi connectivity index (χ2n) is 5.18. The summed E-state index contributed by atoms with van der Waals surface area (Å²) < 4.78 is 5.91. The standard InChI is InChI=1S/C17H19N3O/c1-4-20(5-2)15-10-14-16(8-11(15)3)21-17-9-12(18)6-7-13(17)19-14/h6-10,18H,4-5H2,1-3H3. The number of anilines is 1. The molecule has 1 heterocycles. The van der Waals surface area contributed by atoms with Crippen molar-refractivity contribution in [3.05, 3.63) is 41.3 Å². The van der Waals surface area contributed by atoms with Crippen LogP contribution in [0.2, 0.25) is 0 Å². The van der Waals surface area contributed by atoms with Gasteiger partial charge in [0.1, 0.15) is 11.2 Å². The first-order valence-electron chi connectivity index (χ1n) is 7.27. The lowest BCUT2D eigenvalue weighted by Crippen LogP contribution is -2.22. The van der Waals surface area contributed by atoms with Crippen LogP contribution in [0.5, 0.6) is 0 Å². The zero-order valence-electron chi connectivity index (χ0n) is 12.6. The fourth-order valence-corrected chi connectivity index (χ4v) is 2.67. The number of nitrogens with zero attached hydrogens (tertiary/aromatic N) is 2. The van der Waals surface area contributed by atoms with Crippen LogP contribution in [0.25, 0.3) is 22.6 Å². The number of aromatic nitrogens is 1. The average Bonchev–Trinajstić information content (AvgIpc) is 2.47. The van der Waals surface area contributed by atoms with Crippen LogP contribution >= 0.6 is 0 Å². The lowest BCUT2D eigenvalue weighted by atomic mass is 10.1. The van der Waals surface area contributed by atoms with Crippen LogP contribution in [0.1, 0.15) is 19.4 Å². The van der Waals surface area contributed by atoms with Crippen LogP contribution in [0.4, 0.5) is 5.69 Å². The van der Waals surface area contributed by atoms with Crippen LogP contribution in [0, 0.1) is 12.3 Å². The topological polar surface area (TPSA) is 53.1 Å². The van der Waals surface area contributed by atoms with E-state index in [0.717, 1.165) is 29.9 Å². The minimum absolute atomic E-state index is 0.434. The number of rotatable bonds is 3. The van der Waals surface area contributed by atoms with Crippen LogP contribution in [0.3, 0.4) is 0 Å². The first kappa shape index (κ1) is 13.6. The van der Waals surface area contributed by atoms with Gasteiger partial charge >= 0.3 is 0 Å². The van der Waals surface area contributed by atoms with Crippen molar-refractivity contribution in [2.75, 3.05) is 18.0 Å². The van der Waals surface area contributed by atoms with E-state index >= 15 is 0 Å². The van der Waals surface area contributed by atoms with Gasteiger partial charge in [0.2, 0.25) is 0 Å². The molecule has 0 aromatic heterocycles. The minimum atomic E-state index is 0.434. The summed E-state index contributed by atoms with van der Waals surface area (Å²) in [5.41, 5.74) is 4.78. The van der Waals surface area contributed by atoms with E-state index in [4.69, 9.17) is 9.83 Å². The Morgan fingerprint density at radius 2 is 1.90 bits per heavy atom. The van der Waals surface area contributed by atoms with Crippen molar-refractivity contribution in [1.29, 1.82) is 5.41 Å². The van der Waals surface area contributed by atoms with Gasteiger partial charge in [-0.3, -0.25) is 0 Å². The summed E-state index contributed by atoms with van der Waals surface area (Å²) in [5, 5.41) is 8.11. The first-order valence-corrected chi connectivity index (χ1v) is 7.27. The predicted molar refractivity (Wildman–Crippen MR) is 84.8 cm³/mol. The van der Waals surface area contributed by atoms with Crippen molar-refractivity contribution >= 4 is 16.8 Å². The van der Waals surface area contributed by atoms with E-state index in [1.807, 2.05) is 12.1 Å². The van der Waals surface area contributed by atoms with Crippen molar-refractivity contribution in [2.45, 2.75) is 20.8 Å². The maximum Gasteiger partial charge on any atom is 0.155 e. The van der Waals surface area contributed by atoms with Gasteiger partial charge in [-0.1, -0.05) is 0 Å². The first-order chi connectivity index (χ1) is 10.1. The van der Waals surface area contributed by atoms with Gasteiger partial charge in [-0.2, -0.15) is 0 Å². The van der Waals surface area contributed by atoms with Gasteiger partial charge in [0, 0.05) is 24.8 Å². The summed E-state index contributed by atoms with van der Waals surface area (Å²) in [6.45, 7) is 8.33. The zero-order valence-corrected chi connectivity index (χ0v) is 12.6. The fourth-order valence-electron chi connectivity index (χ4n) is 2.67. The molecule has 1 aromatic carbocycles. The molecule has 1 aromatic rings. The fraction of sp³-hybridized carbons (Fsp3) is 0.294. The molecule has 0 bridgehead atoms. The molecule has 0 saturated heterocycles. The molecule has 0 amide bonds. The van der Waals surface area contributed by atoms with Crippen LogP contribution < -0.4 is 10.3 Å². The molecule has 0 radical (unpaired) electrons. The van der Waals surface area contributed by atoms with Gasteiger partial charge in [-0.25, -0.2) is 4.98 Å². The Morgan fingerprint density at radius 1 is 1.14 bits per heavy atom. The number of hydrogen-bond acceptors (Lipinski definition) is 4. The number of aryl methyl sites for hydroxylation is 1. The zero-order chi connectivity index (χ0) is 15.0. The summed E-state index contributed by atoms with van der Waals surface area (Å²) >= 11 is 0. The van der Waals surface area contributed by atoms with Crippen molar-refractivity contribution in [2.24, 2.45) is 0 Å². The molecule has 0 spiro atoms. The lowest BCUT2D eigenvalue weighted by Gasteiger charge is -2.23. The lowest BCUT2D eigenvalue weighted by molar-refractivity contribution is 0.611. The Labute approximate surface area is 123 Å². The molecule has 4 nitrogen and oxygen atoms in total. The number of nitrogens with one attached hydrogen (secondary N) is 1. The van der Waals surface area contributed by atoms with Gasteiger partial charge in [0.25, 0.3) is 0 Å². The molecule has 4 heteroatoms. The second-order valence-corrected chi connectivity index (χ2v) is 5.18. The van der Waals surface area contributed by atoms with Gasteiger partial charge in [0.15, 0.2) is 11.3 Å². The third-order valence-corrected chi connectivity index (χ3v) is 3.80. The molecule has 1 aliphatic heterocycles. The van der Waals surface area contributed by atoms with Crippen molar-refractivity contribution in [3.63, 3.8) is 0 Å². The third kappa shape index (κ3) is 2.37. The monoisotopic (exact) mass is 281 g/mol. The number of fused-ring (bicyclic) bond motifs is 2. The molecule has 108 valence electrons. The van der Waals surface area contributed by atoms with Gasteiger partial charge in [-0.05, 0) is 50.6 Å². The molecular formula is C17H19N3O. The maximum atomic E-state index is 7.67. The molecule has 2 aliphatic rings. The van der Waals surface area contributed by atoms with E-state index in [1.54, 1.807) is 12.1 Å². The Morgan fingerprint density at radius 3 is 2.62 bits per heavy atom. The highest BCUT2D eigenvalue weighted by molar-refractivity contribution is 5.82. The van der Waals surface area contributed by atoms with Gasteiger partial charge in [0.05, 0.1) is 5.36 Å². The van der Waals surface area contributed by atoms with E-state index in [0.29, 0.717) is 11.1 Å². The normalized spacial score (nSPS) is 11.2.